The zero-order valence-corrected chi connectivity index (χ0v) is 14.1. The first-order valence-electron chi connectivity index (χ1n) is 8.54. The van der Waals surface area contributed by atoms with Crippen LogP contribution < -0.4 is 10.5 Å². The topological polar surface area (TPSA) is 99.7 Å². The Labute approximate surface area is 146 Å². The summed E-state index contributed by atoms with van der Waals surface area (Å²) in [4.78, 5) is 27.3. The van der Waals surface area contributed by atoms with Crippen molar-refractivity contribution in [2.75, 3.05) is 26.2 Å². The summed E-state index contributed by atoms with van der Waals surface area (Å²) in [6.07, 6.45) is 2.59. The van der Waals surface area contributed by atoms with Crippen LogP contribution in [-0.4, -0.2) is 59.9 Å². The van der Waals surface area contributed by atoms with E-state index in [1.165, 1.54) is 0 Å². The second-order valence-corrected chi connectivity index (χ2v) is 6.44. The highest BCUT2D eigenvalue weighted by atomic mass is 16.5. The van der Waals surface area contributed by atoms with Gasteiger partial charge in [-0.25, -0.2) is 0 Å². The number of nitrogens with two attached hydrogens (primary N) is 1. The monoisotopic (exact) mass is 342 g/mol. The van der Waals surface area contributed by atoms with Crippen LogP contribution in [0.5, 0.6) is 5.75 Å². The first kappa shape index (κ1) is 17.2. The van der Waals surface area contributed by atoms with Gasteiger partial charge in [-0.3, -0.25) is 14.5 Å². The Hall–Kier alpha value is -2.59. The maximum atomic E-state index is 12.3. The van der Waals surface area contributed by atoms with E-state index in [1.807, 2.05) is 0 Å². The van der Waals surface area contributed by atoms with Gasteiger partial charge in [-0.05, 0) is 37.1 Å². The number of carbonyl (C=O) groups is 2. The van der Waals surface area contributed by atoms with E-state index >= 15 is 0 Å². The molecule has 1 saturated carbocycles. The molecule has 7 heteroatoms. The fourth-order valence-corrected chi connectivity index (χ4v) is 3.11. The van der Waals surface area contributed by atoms with Crippen molar-refractivity contribution >= 4 is 11.8 Å². The van der Waals surface area contributed by atoms with Crippen LogP contribution in [-0.2, 0) is 4.79 Å². The van der Waals surface area contributed by atoms with E-state index in [1.54, 1.807) is 29.2 Å². The lowest BCUT2D eigenvalue weighted by molar-refractivity contribution is -0.134. The molecule has 0 spiro atoms. The second kappa shape index (κ2) is 7.53. The highest BCUT2D eigenvalue weighted by molar-refractivity contribution is 5.92. The fraction of sp³-hybridized carbons (Fsp3) is 0.500. The van der Waals surface area contributed by atoms with Gasteiger partial charge in [-0.15, -0.1) is 0 Å². The Morgan fingerprint density at radius 2 is 1.96 bits per heavy atom. The number of hydrogen-bond acceptors (Lipinski definition) is 5. The molecular weight excluding hydrogens is 320 g/mol. The molecule has 2 N–H and O–H groups in total. The lowest BCUT2D eigenvalue weighted by Crippen LogP contribution is -2.55. The molecule has 0 bridgehead atoms. The van der Waals surface area contributed by atoms with Crippen LogP contribution in [0.25, 0.3) is 0 Å². The van der Waals surface area contributed by atoms with Gasteiger partial charge in [-0.2, -0.15) is 5.26 Å². The summed E-state index contributed by atoms with van der Waals surface area (Å²) in [7, 11) is 0. The summed E-state index contributed by atoms with van der Waals surface area (Å²) in [6.45, 7) is 2.17. The molecule has 1 aliphatic heterocycles. The Bertz CT molecular complexity index is 679. The molecule has 2 amide bonds. The van der Waals surface area contributed by atoms with E-state index in [4.69, 9.17) is 10.5 Å². The molecule has 3 rings (SSSR count). The third-order valence-corrected chi connectivity index (χ3v) is 4.66. The normalized spacial score (nSPS) is 20.8. The quantitative estimate of drug-likeness (QED) is 0.822. The molecule has 132 valence electrons. The van der Waals surface area contributed by atoms with Crippen LogP contribution in [0, 0.1) is 11.3 Å². The van der Waals surface area contributed by atoms with Crippen LogP contribution in [0.3, 0.4) is 0 Å². The average Bonchev–Trinajstić information content (AvgIpc) is 3.46. The number of primary amides is 1. The lowest BCUT2D eigenvalue weighted by atomic mass is 10.1. The fourth-order valence-electron chi connectivity index (χ4n) is 3.11. The summed E-state index contributed by atoms with van der Waals surface area (Å²) in [5.41, 5.74) is 5.60. The first-order valence-corrected chi connectivity index (χ1v) is 8.54. The molecule has 1 aromatic rings. The Morgan fingerprint density at radius 3 is 2.56 bits per heavy atom. The first-order chi connectivity index (χ1) is 12.1. The van der Waals surface area contributed by atoms with Crippen LogP contribution in [0.15, 0.2) is 24.3 Å². The van der Waals surface area contributed by atoms with E-state index in [0.717, 1.165) is 19.4 Å². The zero-order chi connectivity index (χ0) is 17.8. The van der Waals surface area contributed by atoms with Crippen molar-refractivity contribution in [1.29, 1.82) is 5.26 Å². The Balaban J connectivity index is 1.44. The van der Waals surface area contributed by atoms with Gasteiger partial charge >= 0.3 is 0 Å². The number of nitriles is 1. The predicted molar refractivity (Wildman–Crippen MR) is 90.8 cm³/mol. The van der Waals surface area contributed by atoms with Crippen LogP contribution in [0.1, 0.15) is 29.6 Å². The molecule has 25 heavy (non-hydrogen) atoms. The number of hydrogen-bond donors (Lipinski definition) is 1. The van der Waals surface area contributed by atoms with Crippen LogP contribution in [0.4, 0.5) is 0 Å². The summed E-state index contributed by atoms with van der Waals surface area (Å²) in [5.74, 6) is 0.106. The number of benzene rings is 1. The highest BCUT2D eigenvalue weighted by Crippen LogP contribution is 2.30. The lowest BCUT2D eigenvalue weighted by Gasteiger charge is -2.38. The van der Waals surface area contributed by atoms with Crippen molar-refractivity contribution in [2.45, 2.75) is 31.3 Å². The summed E-state index contributed by atoms with van der Waals surface area (Å²) >= 11 is 0. The number of rotatable bonds is 6. The standard InChI is InChI=1S/C18H22N4O3/c19-11-15-12-21(8-9-22(15)14-3-4-14)17(23)7-10-25-16-5-1-13(2-6-16)18(20)24/h1-2,5-6,14-15H,3-4,7-10,12H2,(H2,20,24). The molecule has 1 saturated heterocycles. The van der Waals surface area contributed by atoms with E-state index in [0.29, 0.717) is 30.4 Å². The molecule has 0 aromatic heterocycles. The largest absolute Gasteiger partial charge is 0.493 e. The van der Waals surface area contributed by atoms with Crippen molar-refractivity contribution in [3.05, 3.63) is 29.8 Å². The van der Waals surface area contributed by atoms with Crippen molar-refractivity contribution in [1.82, 2.24) is 9.80 Å². The molecule has 1 aliphatic carbocycles. The van der Waals surface area contributed by atoms with Crippen molar-refractivity contribution in [3.63, 3.8) is 0 Å². The third kappa shape index (κ3) is 4.28. The second-order valence-electron chi connectivity index (χ2n) is 6.44. The number of piperazine rings is 1. The van der Waals surface area contributed by atoms with Crippen molar-refractivity contribution < 1.29 is 14.3 Å². The maximum absolute atomic E-state index is 12.3. The predicted octanol–water partition coefficient (Wildman–Crippen LogP) is 0.753. The van der Waals surface area contributed by atoms with E-state index in [-0.39, 0.29) is 25.0 Å². The van der Waals surface area contributed by atoms with Gasteiger partial charge in [0, 0.05) is 31.2 Å². The van der Waals surface area contributed by atoms with E-state index in [9.17, 15) is 14.9 Å². The van der Waals surface area contributed by atoms with Crippen molar-refractivity contribution in [2.24, 2.45) is 5.73 Å². The van der Waals surface area contributed by atoms with Crippen LogP contribution >= 0.6 is 0 Å². The Morgan fingerprint density at radius 1 is 1.24 bits per heavy atom. The molecule has 7 nitrogen and oxygen atoms in total. The molecule has 1 atom stereocenters. The van der Waals surface area contributed by atoms with Gasteiger partial charge in [-0.1, -0.05) is 0 Å². The van der Waals surface area contributed by atoms with Gasteiger partial charge in [0.2, 0.25) is 11.8 Å². The van der Waals surface area contributed by atoms with Crippen molar-refractivity contribution in [3.8, 4) is 11.8 Å². The Kier molecular flexibility index (Phi) is 5.19. The highest BCUT2D eigenvalue weighted by Gasteiger charge is 2.38. The number of ether oxygens (including phenoxy) is 1. The summed E-state index contributed by atoms with van der Waals surface area (Å²) < 4.78 is 5.55. The minimum Gasteiger partial charge on any atom is -0.493 e. The third-order valence-electron chi connectivity index (χ3n) is 4.66. The number of amides is 2. The van der Waals surface area contributed by atoms with Gasteiger partial charge in [0.05, 0.1) is 19.1 Å². The maximum Gasteiger partial charge on any atom is 0.248 e. The molecule has 1 heterocycles. The number of carbonyl (C=O) groups excluding carboxylic acids is 2. The van der Waals surface area contributed by atoms with E-state index in [2.05, 4.69) is 11.0 Å². The van der Waals surface area contributed by atoms with E-state index < -0.39 is 5.91 Å². The minimum absolute atomic E-state index is 0.00412. The molecule has 1 aromatic carbocycles. The average molecular weight is 342 g/mol. The van der Waals surface area contributed by atoms with Crippen LogP contribution in [0.2, 0.25) is 0 Å². The summed E-state index contributed by atoms with van der Waals surface area (Å²) in [6, 6.07) is 9.15. The molecular formula is C18H22N4O3. The molecule has 2 fully saturated rings. The van der Waals surface area contributed by atoms with Gasteiger partial charge in [0.15, 0.2) is 0 Å². The molecule has 1 unspecified atom stereocenters. The zero-order valence-electron chi connectivity index (χ0n) is 14.1. The minimum atomic E-state index is -0.487. The van der Waals surface area contributed by atoms with Gasteiger partial charge in [0.25, 0.3) is 0 Å². The van der Waals surface area contributed by atoms with Gasteiger partial charge < -0.3 is 15.4 Å². The van der Waals surface area contributed by atoms with Gasteiger partial charge in [0.1, 0.15) is 11.8 Å². The molecule has 0 radical (unpaired) electrons. The SMILES string of the molecule is N#CC1CN(C(=O)CCOc2ccc(C(N)=O)cc2)CCN1C1CC1. The molecule has 2 aliphatic rings. The number of nitrogens with zero attached hydrogens (tertiary/aromatic N) is 3. The summed E-state index contributed by atoms with van der Waals surface area (Å²) in [5, 5.41) is 9.34. The smallest absolute Gasteiger partial charge is 0.248 e.